The first-order valence-corrected chi connectivity index (χ1v) is 9.17. The van der Waals surface area contributed by atoms with E-state index in [4.69, 9.17) is 23.2 Å². The summed E-state index contributed by atoms with van der Waals surface area (Å²) in [7, 11) is 2.92. The van der Waals surface area contributed by atoms with E-state index in [-0.39, 0.29) is 34.5 Å². The van der Waals surface area contributed by atoms with Crippen molar-refractivity contribution < 1.29 is 22.7 Å². The highest BCUT2D eigenvalue weighted by Gasteiger charge is 2.37. The molecule has 0 saturated heterocycles. The molecule has 1 aliphatic carbocycles. The molecular formula is C19H17Cl2F3N2O2. The third-order valence-electron chi connectivity index (χ3n) is 4.96. The maximum Gasteiger partial charge on any atom is 0.412 e. The molecule has 1 unspecified atom stereocenters. The number of halogens is 5. The van der Waals surface area contributed by atoms with E-state index < -0.39 is 17.7 Å². The number of allylic oxidation sites excluding steroid dienone is 1. The lowest BCUT2D eigenvalue weighted by atomic mass is 9.87. The number of pyridine rings is 1. The summed E-state index contributed by atoms with van der Waals surface area (Å²) < 4.78 is 45.9. The van der Waals surface area contributed by atoms with Gasteiger partial charge in [-0.1, -0.05) is 30.1 Å². The highest BCUT2D eigenvalue weighted by molar-refractivity contribution is 6.37. The predicted molar refractivity (Wildman–Crippen MR) is 101 cm³/mol. The number of carbonyl (C=O) groups excluding carboxylic acids is 1. The fourth-order valence-electron chi connectivity index (χ4n) is 3.40. The van der Waals surface area contributed by atoms with Gasteiger partial charge in [-0.05, 0) is 30.0 Å². The van der Waals surface area contributed by atoms with Crippen molar-refractivity contribution in [1.29, 1.82) is 0 Å². The van der Waals surface area contributed by atoms with Crippen molar-refractivity contribution in [2.45, 2.75) is 31.9 Å². The van der Waals surface area contributed by atoms with Crippen LogP contribution in [0.3, 0.4) is 0 Å². The summed E-state index contributed by atoms with van der Waals surface area (Å²) >= 11 is 12.5. The lowest BCUT2D eigenvalue weighted by Gasteiger charge is -2.22. The van der Waals surface area contributed by atoms with Crippen molar-refractivity contribution >= 4 is 35.2 Å². The van der Waals surface area contributed by atoms with Gasteiger partial charge in [-0.3, -0.25) is 0 Å². The van der Waals surface area contributed by atoms with E-state index in [9.17, 15) is 18.0 Å². The Kier molecular flexibility index (Phi) is 5.51. The first kappa shape index (κ1) is 20.7. The fraction of sp³-hybridized carbons (Fsp3) is 0.368. The Morgan fingerprint density at radius 1 is 1.39 bits per heavy atom. The fourth-order valence-corrected chi connectivity index (χ4v) is 3.94. The monoisotopic (exact) mass is 432 g/mol. The number of methoxy groups -OCH3 is 1. The Labute approximate surface area is 169 Å². The van der Waals surface area contributed by atoms with E-state index in [0.29, 0.717) is 17.0 Å². The first-order chi connectivity index (χ1) is 13.0. The largest absolute Gasteiger partial charge is 0.465 e. The molecule has 1 aliphatic rings. The third-order valence-corrected chi connectivity index (χ3v) is 5.72. The Bertz CT molecular complexity index is 981. The van der Waals surface area contributed by atoms with Crippen molar-refractivity contribution in [3.63, 3.8) is 0 Å². The Morgan fingerprint density at radius 2 is 2.07 bits per heavy atom. The maximum absolute atomic E-state index is 13.2. The topological polar surface area (TPSA) is 44.1 Å². The van der Waals surface area contributed by atoms with Crippen LogP contribution in [0.1, 0.15) is 52.1 Å². The van der Waals surface area contributed by atoms with Gasteiger partial charge in [-0.15, -0.1) is 0 Å². The molecular weight excluding hydrogens is 416 g/mol. The van der Waals surface area contributed by atoms with Crippen LogP contribution < -0.4 is 0 Å². The average Bonchev–Trinajstić information content (AvgIpc) is 2.94. The molecule has 0 saturated carbocycles. The third kappa shape index (κ3) is 3.65. The molecule has 0 radical (unpaired) electrons. The molecule has 3 rings (SSSR count). The van der Waals surface area contributed by atoms with E-state index in [0.717, 1.165) is 5.56 Å². The number of nitrogens with zero attached hydrogens (tertiary/aromatic N) is 2. The Morgan fingerprint density at radius 3 is 2.68 bits per heavy atom. The summed E-state index contributed by atoms with van der Waals surface area (Å²) in [6.07, 6.45) is -1.80. The molecule has 9 heteroatoms. The van der Waals surface area contributed by atoms with E-state index in [1.54, 1.807) is 18.5 Å². The molecule has 0 amide bonds. The summed E-state index contributed by atoms with van der Waals surface area (Å²) in [6, 6.07) is 1.85. The minimum Gasteiger partial charge on any atom is -0.465 e. The molecule has 0 aromatic carbocycles. The smallest absolute Gasteiger partial charge is 0.412 e. The quantitative estimate of drug-likeness (QED) is 0.471. The zero-order chi connectivity index (χ0) is 20.8. The second kappa shape index (κ2) is 7.44. The number of fused-ring (bicyclic) bond motifs is 1. The average molecular weight is 433 g/mol. The Hall–Kier alpha value is -1.99. The molecule has 0 N–H and O–H groups in total. The van der Waals surface area contributed by atoms with Crippen LogP contribution >= 0.6 is 23.2 Å². The first-order valence-electron chi connectivity index (χ1n) is 8.42. The second-order valence-electron chi connectivity index (χ2n) is 6.73. The number of aromatic nitrogens is 2. The molecule has 28 heavy (non-hydrogen) atoms. The molecule has 0 fully saturated rings. The second-order valence-corrected chi connectivity index (χ2v) is 7.47. The van der Waals surface area contributed by atoms with Crippen molar-refractivity contribution in [2.75, 3.05) is 7.11 Å². The predicted octanol–water partition coefficient (Wildman–Crippen LogP) is 5.56. The zero-order valence-corrected chi connectivity index (χ0v) is 16.8. The SMILES string of the molecule is COC(=O)c1cnc(Cl)c(Cc2cc3c(n2C)C=C(C(F)(F)F)CC3C)c1Cl. The number of carbonyl (C=O) groups is 1. The number of hydrogen-bond acceptors (Lipinski definition) is 3. The molecule has 150 valence electrons. The molecule has 2 aromatic rings. The summed E-state index contributed by atoms with van der Waals surface area (Å²) in [5, 5.41) is 0.238. The molecule has 2 aromatic heterocycles. The van der Waals surface area contributed by atoms with Gasteiger partial charge in [-0.25, -0.2) is 9.78 Å². The standard InChI is InChI=1S/C19H17Cl2F3N2O2/c1-9-4-10(19(22,23)24)5-15-12(9)6-11(26(15)2)7-13-16(20)14(18(27)28-3)8-25-17(13)21/h5-6,8-9H,4,7H2,1-3H3. The van der Waals surface area contributed by atoms with E-state index in [1.165, 1.54) is 19.4 Å². The lowest BCUT2D eigenvalue weighted by Crippen LogP contribution is -2.17. The van der Waals surface area contributed by atoms with Crippen molar-refractivity contribution in [3.8, 4) is 0 Å². The van der Waals surface area contributed by atoms with Crippen LogP contribution in [0.4, 0.5) is 13.2 Å². The summed E-state index contributed by atoms with van der Waals surface area (Å²) in [6.45, 7) is 1.76. The highest BCUT2D eigenvalue weighted by Crippen LogP contribution is 2.42. The van der Waals surface area contributed by atoms with Gasteiger partial charge in [0, 0.05) is 42.2 Å². The number of alkyl halides is 3. The van der Waals surface area contributed by atoms with Gasteiger partial charge in [0.1, 0.15) is 5.15 Å². The lowest BCUT2D eigenvalue weighted by molar-refractivity contribution is -0.0937. The van der Waals surface area contributed by atoms with Crippen LogP contribution in [-0.2, 0) is 18.2 Å². The highest BCUT2D eigenvalue weighted by atomic mass is 35.5. The van der Waals surface area contributed by atoms with Gasteiger partial charge >= 0.3 is 12.1 Å². The van der Waals surface area contributed by atoms with Crippen LogP contribution in [0.5, 0.6) is 0 Å². The van der Waals surface area contributed by atoms with Gasteiger partial charge in [0.15, 0.2) is 0 Å². The van der Waals surface area contributed by atoms with Crippen molar-refractivity contribution in [2.24, 2.45) is 7.05 Å². The number of esters is 1. The van der Waals surface area contributed by atoms with Crippen LogP contribution in [0.2, 0.25) is 10.2 Å². The van der Waals surface area contributed by atoms with Gasteiger partial charge in [0.05, 0.1) is 17.7 Å². The molecule has 1 atom stereocenters. The number of ether oxygens (including phenoxy) is 1. The van der Waals surface area contributed by atoms with E-state index in [2.05, 4.69) is 9.72 Å². The minimum absolute atomic E-state index is 0.0686. The number of rotatable bonds is 3. The molecule has 0 spiro atoms. The van der Waals surface area contributed by atoms with Crippen LogP contribution in [0.15, 0.2) is 17.8 Å². The van der Waals surface area contributed by atoms with Gasteiger partial charge in [-0.2, -0.15) is 13.2 Å². The minimum atomic E-state index is -4.36. The molecule has 0 aliphatic heterocycles. The van der Waals surface area contributed by atoms with Crippen LogP contribution in [0, 0.1) is 0 Å². The van der Waals surface area contributed by atoms with Crippen LogP contribution in [-0.4, -0.2) is 28.8 Å². The van der Waals surface area contributed by atoms with E-state index >= 15 is 0 Å². The maximum atomic E-state index is 13.2. The summed E-state index contributed by atoms with van der Waals surface area (Å²) in [5.41, 5.74) is 1.99. The van der Waals surface area contributed by atoms with Gasteiger partial charge in [0.2, 0.25) is 0 Å². The molecule has 4 nitrogen and oxygen atoms in total. The van der Waals surface area contributed by atoms with Gasteiger partial charge < -0.3 is 9.30 Å². The normalized spacial score (nSPS) is 16.6. The van der Waals surface area contributed by atoms with Gasteiger partial charge in [0.25, 0.3) is 0 Å². The van der Waals surface area contributed by atoms with Crippen molar-refractivity contribution in [1.82, 2.24) is 9.55 Å². The van der Waals surface area contributed by atoms with E-state index in [1.807, 2.05) is 6.07 Å². The zero-order valence-electron chi connectivity index (χ0n) is 15.3. The summed E-state index contributed by atoms with van der Waals surface area (Å²) in [5.74, 6) is -0.921. The number of hydrogen-bond donors (Lipinski definition) is 0. The van der Waals surface area contributed by atoms with Crippen LogP contribution in [0.25, 0.3) is 6.08 Å². The Balaban J connectivity index is 2.05. The molecule has 2 heterocycles. The van der Waals surface area contributed by atoms with Crippen molar-refractivity contribution in [3.05, 3.63) is 56.1 Å². The molecule has 0 bridgehead atoms. The summed E-state index contributed by atoms with van der Waals surface area (Å²) in [4.78, 5) is 15.8.